The molecule has 0 aliphatic carbocycles. The highest BCUT2D eigenvalue weighted by molar-refractivity contribution is 5.82. The van der Waals surface area contributed by atoms with Crippen LogP contribution in [0, 0.1) is 0 Å². The van der Waals surface area contributed by atoms with Gasteiger partial charge < -0.3 is 15.3 Å². The predicted molar refractivity (Wildman–Crippen MR) is 81.7 cm³/mol. The van der Waals surface area contributed by atoms with Gasteiger partial charge in [0, 0.05) is 5.39 Å². The Morgan fingerprint density at radius 1 is 0.950 bits per heavy atom. The highest BCUT2D eigenvalue weighted by atomic mass is 16.3. The number of furan rings is 1. The number of para-hydroxylation sites is 1. The van der Waals surface area contributed by atoms with Crippen molar-refractivity contribution in [1.29, 1.82) is 0 Å². The van der Waals surface area contributed by atoms with E-state index in [0.717, 1.165) is 24.8 Å². The Bertz CT molecular complexity index is 632. The Morgan fingerprint density at radius 2 is 1.75 bits per heavy atom. The number of phenolic OH excluding ortho intramolecular Hbond substituents is 1. The van der Waals surface area contributed by atoms with Crippen molar-refractivity contribution < 1.29 is 9.52 Å². The van der Waals surface area contributed by atoms with Crippen LogP contribution < -0.4 is 5.73 Å². The van der Waals surface area contributed by atoms with Crippen LogP contribution in [0.5, 0.6) is 5.75 Å². The first kappa shape index (κ1) is 14.2. The van der Waals surface area contributed by atoms with Crippen molar-refractivity contribution in [2.75, 3.05) is 6.54 Å². The third-order valence-electron chi connectivity index (χ3n) is 2.97. The monoisotopic (exact) mass is 269 g/mol. The summed E-state index contributed by atoms with van der Waals surface area (Å²) < 4.78 is 5.00. The number of hydrogen-bond acceptors (Lipinski definition) is 3. The van der Waals surface area contributed by atoms with E-state index in [2.05, 4.69) is 24.3 Å². The van der Waals surface area contributed by atoms with E-state index in [9.17, 15) is 0 Å². The molecule has 3 aromatic rings. The number of hydrogen-bond donors (Lipinski definition) is 2. The van der Waals surface area contributed by atoms with Crippen molar-refractivity contribution in [2.24, 2.45) is 5.73 Å². The van der Waals surface area contributed by atoms with Gasteiger partial charge >= 0.3 is 0 Å². The third kappa shape index (κ3) is 3.87. The maximum absolute atomic E-state index is 9.17. The summed E-state index contributed by atoms with van der Waals surface area (Å²) >= 11 is 0. The maximum Gasteiger partial charge on any atom is 0.175 e. The van der Waals surface area contributed by atoms with E-state index in [1.54, 1.807) is 18.4 Å². The largest absolute Gasteiger partial charge is 0.504 e. The summed E-state index contributed by atoms with van der Waals surface area (Å²) in [5.74, 6) is 0.197. The van der Waals surface area contributed by atoms with Gasteiger partial charge in [0.2, 0.25) is 0 Å². The Hall–Kier alpha value is -2.26. The van der Waals surface area contributed by atoms with Crippen LogP contribution in [0.4, 0.5) is 0 Å². The molecule has 0 spiro atoms. The molecule has 0 atom stereocenters. The summed E-state index contributed by atoms with van der Waals surface area (Å²) in [6.45, 7) is 0.787. The standard InChI is InChI=1S/C9H13N.C8H6O2/c10-8-4-7-9-5-2-1-3-6-9;9-7-3-1-2-6-4-5-10-8(6)7/h1-3,5-6H,4,7-8,10H2;1-5,9H. The van der Waals surface area contributed by atoms with Crippen LogP contribution in [-0.2, 0) is 6.42 Å². The number of phenols is 1. The van der Waals surface area contributed by atoms with Gasteiger partial charge in [-0.15, -0.1) is 0 Å². The first-order valence-electron chi connectivity index (χ1n) is 6.70. The number of rotatable bonds is 3. The molecule has 2 aromatic carbocycles. The second-order valence-electron chi connectivity index (χ2n) is 4.49. The predicted octanol–water partition coefficient (Wildman–Crippen LogP) is 3.72. The quantitative estimate of drug-likeness (QED) is 0.762. The molecule has 0 aliphatic heterocycles. The van der Waals surface area contributed by atoms with Gasteiger partial charge in [-0.1, -0.05) is 42.5 Å². The molecule has 0 radical (unpaired) electrons. The molecule has 0 unspecified atom stereocenters. The highest BCUT2D eigenvalue weighted by Crippen LogP contribution is 2.24. The zero-order valence-electron chi connectivity index (χ0n) is 11.3. The van der Waals surface area contributed by atoms with Crippen molar-refractivity contribution >= 4 is 11.0 Å². The lowest BCUT2D eigenvalue weighted by molar-refractivity contribution is 0.465. The van der Waals surface area contributed by atoms with E-state index < -0.39 is 0 Å². The molecular weight excluding hydrogens is 250 g/mol. The lowest BCUT2D eigenvalue weighted by Crippen LogP contribution is -1.99. The van der Waals surface area contributed by atoms with Crippen LogP contribution in [0.2, 0.25) is 0 Å². The minimum absolute atomic E-state index is 0.197. The van der Waals surface area contributed by atoms with E-state index in [1.165, 1.54) is 5.56 Å². The van der Waals surface area contributed by atoms with Crippen molar-refractivity contribution in [3.05, 3.63) is 66.4 Å². The molecule has 0 saturated heterocycles. The van der Waals surface area contributed by atoms with Gasteiger partial charge in [0.15, 0.2) is 11.3 Å². The van der Waals surface area contributed by atoms with Gasteiger partial charge in [-0.2, -0.15) is 0 Å². The Balaban J connectivity index is 0.000000147. The lowest BCUT2D eigenvalue weighted by atomic mass is 10.1. The smallest absolute Gasteiger partial charge is 0.175 e. The average molecular weight is 269 g/mol. The third-order valence-corrected chi connectivity index (χ3v) is 2.97. The van der Waals surface area contributed by atoms with Gasteiger partial charge in [0.05, 0.1) is 6.26 Å². The van der Waals surface area contributed by atoms with Crippen LogP contribution >= 0.6 is 0 Å². The molecule has 0 aliphatic rings. The zero-order chi connectivity index (χ0) is 14.2. The first-order valence-corrected chi connectivity index (χ1v) is 6.70. The van der Waals surface area contributed by atoms with Crippen LogP contribution in [-0.4, -0.2) is 11.7 Å². The minimum atomic E-state index is 0.197. The molecule has 0 amide bonds. The number of fused-ring (bicyclic) bond motifs is 1. The van der Waals surface area contributed by atoms with E-state index >= 15 is 0 Å². The molecule has 3 N–H and O–H groups in total. The topological polar surface area (TPSA) is 59.4 Å². The fourth-order valence-corrected chi connectivity index (χ4v) is 1.93. The van der Waals surface area contributed by atoms with E-state index in [4.69, 9.17) is 15.3 Å². The molecule has 3 heteroatoms. The number of nitrogens with two attached hydrogens (primary N) is 1. The molecule has 1 heterocycles. The summed E-state index contributed by atoms with van der Waals surface area (Å²) in [5, 5.41) is 10.1. The maximum atomic E-state index is 9.17. The van der Waals surface area contributed by atoms with Gasteiger partial charge in [0.25, 0.3) is 0 Å². The van der Waals surface area contributed by atoms with Crippen molar-refractivity contribution in [3.8, 4) is 5.75 Å². The normalized spacial score (nSPS) is 10.1. The van der Waals surface area contributed by atoms with Crippen molar-refractivity contribution in [3.63, 3.8) is 0 Å². The molecular formula is C17H19NO2. The van der Waals surface area contributed by atoms with Gasteiger partial charge in [-0.3, -0.25) is 0 Å². The average Bonchev–Trinajstić information content (AvgIpc) is 2.97. The van der Waals surface area contributed by atoms with Gasteiger partial charge in [0.1, 0.15) is 0 Å². The molecule has 3 rings (SSSR count). The summed E-state index contributed by atoms with van der Waals surface area (Å²) in [6.07, 6.45) is 3.76. The van der Waals surface area contributed by atoms with Crippen molar-refractivity contribution in [2.45, 2.75) is 12.8 Å². The number of aryl methyl sites for hydroxylation is 1. The summed E-state index contributed by atoms with van der Waals surface area (Å²) in [4.78, 5) is 0. The van der Waals surface area contributed by atoms with E-state index in [1.807, 2.05) is 18.2 Å². The number of aromatic hydroxyl groups is 1. The Morgan fingerprint density at radius 3 is 2.45 bits per heavy atom. The summed E-state index contributed by atoms with van der Waals surface area (Å²) in [5.41, 5.74) is 7.32. The zero-order valence-corrected chi connectivity index (χ0v) is 11.3. The molecule has 0 bridgehead atoms. The molecule has 20 heavy (non-hydrogen) atoms. The highest BCUT2D eigenvalue weighted by Gasteiger charge is 1.99. The Kier molecular flexibility index (Phi) is 5.21. The van der Waals surface area contributed by atoms with Crippen LogP contribution in [0.15, 0.2) is 65.3 Å². The fraction of sp³-hybridized carbons (Fsp3) is 0.176. The van der Waals surface area contributed by atoms with Crippen LogP contribution in [0.3, 0.4) is 0 Å². The minimum Gasteiger partial charge on any atom is -0.504 e. The fourth-order valence-electron chi connectivity index (χ4n) is 1.93. The van der Waals surface area contributed by atoms with Crippen LogP contribution in [0.1, 0.15) is 12.0 Å². The van der Waals surface area contributed by atoms with Gasteiger partial charge in [-0.25, -0.2) is 0 Å². The molecule has 104 valence electrons. The molecule has 0 fully saturated rings. The summed E-state index contributed by atoms with van der Waals surface area (Å²) in [7, 11) is 0. The second-order valence-corrected chi connectivity index (χ2v) is 4.49. The molecule has 0 saturated carbocycles. The molecule has 1 aromatic heterocycles. The SMILES string of the molecule is NCCCc1ccccc1.Oc1cccc2ccoc12. The van der Waals surface area contributed by atoms with E-state index in [-0.39, 0.29) is 5.75 Å². The number of benzene rings is 2. The summed E-state index contributed by atoms with van der Waals surface area (Å²) in [6, 6.07) is 17.5. The van der Waals surface area contributed by atoms with Gasteiger partial charge in [-0.05, 0) is 37.1 Å². The van der Waals surface area contributed by atoms with E-state index in [0.29, 0.717) is 5.58 Å². The van der Waals surface area contributed by atoms with Crippen molar-refractivity contribution in [1.82, 2.24) is 0 Å². The second kappa shape index (κ2) is 7.36. The molecule has 3 nitrogen and oxygen atoms in total. The first-order chi connectivity index (χ1) is 9.81. The van der Waals surface area contributed by atoms with Crippen LogP contribution in [0.25, 0.3) is 11.0 Å². The Labute approximate surface area is 118 Å². The lowest BCUT2D eigenvalue weighted by Gasteiger charge is -1.96.